The summed E-state index contributed by atoms with van der Waals surface area (Å²) in [6.07, 6.45) is 10.5. The van der Waals surface area contributed by atoms with Gasteiger partial charge in [0.1, 0.15) is 0 Å². The van der Waals surface area contributed by atoms with Crippen LogP contribution in [-0.2, 0) is 0 Å². The molecule has 0 spiro atoms. The summed E-state index contributed by atoms with van der Waals surface area (Å²) in [5.41, 5.74) is 3.29. The summed E-state index contributed by atoms with van der Waals surface area (Å²) < 4.78 is 0. The molecule has 0 bridgehead atoms. The van der Waals surface area contributed by atoms with E-state index in [2.05, 4.69) is 55.1 Å². The molecule has 21 heavy (non-hydrogen) atoms. The highest BCUT2D eigenvalue weighted by molar-refractivity contribution is 7.27. The minimum absolute atomic E-state index is 0.740. The molecule has 0 nitrogen and oxygen atoms in total. The standard InChI is InChI=1S/C20H35P/c1-5-9-12-16(7-3)18-14-11-15-19(21)20(18)17(8-4)13-10-6-2/h11,14-17H,5-10,12-13,21H2,1-4H3. The monoisotopic (exact) mass is 306 g/mol. The van der Waals surface area contributed by atoms with Gasteiger partial charge < -0.3 is 0 Å². The van der Waals surface area contributed by atoms with E-state index in [1.54, 1.807) is 11.1 Å². The van der Waals surface area contributed by atoms with Crippen molar-refractivity contribution < 1.29 is 0 Å². The Morgan fingerprint density at radius 3 is 1.95 bits per heavy atom. The first-order chi connectivity index (χ1) is 10.2. The molecule has 120 valence electrons. The molecule has 0 heterocycles. The van der Waals surface area contributed by atoms with Crippen LogP contribution in [0.15, 0.2) is 18.2 Å². The highest BCUT2D eigenvalue weighted by Gasteiger charge is 2.20. The first-order valence-corrected chi connectivity index (χ1v) is 9.65. The second kappa shape index (κ2) is 10.4. The summed E-state index contributed by atoms with van der Waals surface area (Å²) in [4.78, 5) is 0. The van der Waals surface area contributed by atoms with Gasteiger partial charge in [0.05, 0.1) is 0 Å². The predicted molar refractivity (Wildman–Crippen MR) is 101 cm³/mol. The first kappa shape index (κ1) is 18.7. The van der Waals surface area contributed by atoms with Crippen molar-refractivity contribution in [1.82, 2.24) is 0 Å². The Balaban J connectivity index is 3.10. The van der Waals surface area contributed by atoms with E-state index in [1.165, 1.54) is 56.7 Å². The van der Waals surface area contributed by atoms with Crippen molar-refractivity contribution in [1.29, 1.82) is 0 Å². The summed E-state index contributed by atoms with van der Waals surface area (Å²) in [5, 5.41) is 1.44. The fraction of sp³-hybridized carbons (Fsp3) is 0.700. The Hall–Kier alpha value is -0.350. The molecule has 0 aromatic heterocycles. The summed E-state index contributed by atoms with van der Waals surface area (Å²) in [6.45, 7) is 9.31. The summed E-state index contributed by atoms with van der Waals surface area (Å²) in [6, 6.07) is 6.94. The molecule has 3 atom stereocenters. The number of unbranched alkanes of at least 4 members (excludes halogenated alkanes) is 2. The smallest absolute Gasteiger partial charge is 0.0156 e. The van der Waals surface area contributed by atoms with E-state index in [4.69, 9.17) is 0 Å². The largest absolute Gasteiger partial charge is 0.105 e. The van der Waals surface area contributed by atoms with Crippen molar-refractivity contribution in [3.63, 3.8) is 0 Å². The SMILES string of the molecule is CCCCC(CC)c1cccc(P)c1C(CC)CCCC. The number of hydrogen-bond donors (Lipinski definition) is 0. The molecule has 1 heteroatoms. The van der Waals surface area contributed by atoms with Crippen molar-refractivity contribution in [2.45, 2.75) is 90.9 Å². The highest BCUT2D eigenvalue weighted by atomic mass is 31.0. The summed E-state index contributed by atoms with van der Waals surface area (Å²) in [5.74, 6) is 1.49. The van der Waals surface area contributed by atoms with Crippen LogP contribution >= 0.6 is 9.24 Å². The minimum Gasteiger partial charge on any atom is -0.105 e. The third-order valence-electron chi connectivity index (χ3n) is 4.82. The van der Waals surface area contributed by atoms with Crippen LogP contribution in [0.4, 0.5) is 0 Å². The van der Waals surface area contributed by atoms with Crippen molar-refractivity contribution >= 4 is 14.5 Å². The van der Waals surface area contributed by atoms with E-state index in [1.807, 2.05) is 0 Å². The Bertz CT molecular complexity index is 397. The lowest BCUT2D eigenvalue weighted by atomic mass is 9.81. The lowest BCUT2D eigenvalue weighted by molar-refractivity contribution is 0.535. The Labute approximate surface area is 135 Å². The molecule has 0 aliphatic rings. The van der Waals surface area contributed by atoms with Crippen molar-refractivity contribution in [2.24, 2.45) is 0 Å². The van der Waals surface area contributed by atoms with Gasteiger partial charge in [0.25, 0.3) is 0 Å². The molecular formula is C20H35P. The minimum atomic E-state index is 0.740. The lowest BCUT2D eigenvalue weighted by Crippen LogP contribution is -2.14. The van der Waals surface area contributed by atoms with Crippen molar-refractivity contribution in [3.05, 3.63) is 29.3 Å². The normalized spacial score (nSPS) is 14.1. The Morgan fingerprint density at radius 1 is 0.857 bits per heavy atom. The Morgan fingerprint density at radius 2 is 1.43 bits per heavy atom. The van der Waals surface area contributed by atoms with Gasteiger partial charge >= 0.3 is 0 Å². The van der Waals surface area contributed by atoms with E-state index in [0.717, 1.165) is 11.8 Å². The molecule has 0 radical (unpaired) electrons. The van der Waals surface area contributed by atoms with E-state index in [-0.39, 0.29) is 0 Å². The van der Waals surface area contributed by atoms with Gasteiger partial charge in [-0.05, 0) is 54.0 Å². The van der Waals surface area contributed by atoms with Crippen LogP contribution in [0, 0.1) is 0 Å². The average Bonchev–Trinajstić information content (AvgIpc) is 2.50. The number of rotatable bonds is 10. The van der Waals surface area contributed by atoms with E-state index in [0.29, 0.717) is 0 Å². The van der Waals surface area contributed by atoms with Crippen LogP contribution in [-0.4, -0.2) is 0 Å². The first-order valence-electron chi connectivity index (χ1n) is 9.07. The van der Waals surface area contributed by atoms with Crippen LogP contribution in [0.5, 0.6) is 0 Å². The maximum absolute atomic E-state index is 3.00. The van der Waals surface area contributed by atoms with Gasteiger partial charge in [-0.1, -0.05) is 71.6 Å². The molecule has 0 aliphatic carbocycles. The molecule has 0 amide bonds. The van der Waals surface area contributed by atoms with Crippen LogP contribution in [0.2, 0.25) is 0 Å². The van der Waals surface area contributed by atoms with Crippen LogP contribution < -0.4 is 5.30 Å². The van der Waals surface area contributed by atoms with E-state index in [9.17, 15) is 0 Å². The molecule has 1 aromatic carbocycles. The van der Waals surface area contributed by atoms with Crippen molar-refractivity contribution in [3.8, 4) is 0 Å². The molecule has 0 N–H and O–H groups in total. The second-order valence-corrected chi connectivity index (χ2v) is 6.97. The molecule has 0 fully saturated rings. The van der Waals surface area contributed by atoms with Gasteiger partial charge in [-0.15, -0.1) is 9.24 Å². The number of hydrogen-bond acceptors (Lipinski definition) is 0. The van der Waals surface area contributed by atoms with Gasteiger partial charge in [-0.3, -0.25) is 0 Å². The van der Waals surface area contributed by atoms with Crippen LogP contribution in [0.25, 0.3) is 0 Å². The van der Waals surface area contributed by atoms with E-state index < -0.39 is 0 Å². The van der Waals surface area contributed by atoms with E-state index >= 15 is 0 Å². The van der Waals surface area contributed by atoms with Gasteiger partial charge in [-0.25, -0.2) is 0 Å². The molecule has 3 unspecified atom stereocenters. The zero-order chi connectivity index (χ0) is 15.7. The molecule has 1 rings (SSSR count). The van der Waals surface area contributed by atoms with Crippen LogP contribution in [0.1, 0.15) is 102 Å². The lowest BCUT2D eigenvalue weighted by Gasteiger charge is -2.26. The van der Waals surface area contributed by atoms with Gasteiger partial charge in [-0.2, -0.15) is 0 Å². The second-order valence-electron chi connectivity index (χ2n) is 6.34. The average molecular weight is 306 g/mol. The highest BCUT2D eigenvalue weighted by Crippen LogP contribution is 2.35. The maximum atomic E-state index is 3.00. The van der Waals surface area contributed by atoms with Crippen LogP contribution in [0.3, 0.4) is 0 Å². The fourth-order valence-electron chi connectivity index (χ4n) is 3.46. The number of benzene rings is 1. The summed E-state index contributed by atoms with van der Waals surface area (Å²) >= 11 is 0. The zero-order valence-corrected chi connectivity index (χ0v) is 15.8. The van der Waals surface area contributed by atoms with Gasteiger partial charge in [0.15, 0.2) is 0 Å². The van der Waals surface area contributed by atoms with Gasteiger partial charge in [0, 0.05) is 0 Å². The summed E-state index contributed by atoms with van der Waals surface area (Å²) in [7, 11) is 3.00. The predicted octanol–water partition coefficient (Wildman–Crippen LogP) is 6.55. The molecular weight excluding hydrogens is 271 g/mol. The maximum Gasteiger partial charge on any atom is -0.0156 e. The molecule has 0 saturated heterocycles. The fourth-order valence-corrected chi connectivity index (χ4v) is 3.98. The van der Waals surface area contributed by atoms with Gasteiger partial charge in [0.2, 0.25) is 0 Å². The molecule has 1 aromatic rings. The molecule has 0 saturated carbocycles. The topological polar surface area (TPSA) is 0 Å². The molecule has 0 aliphatic heterocycles. The Kier molecular flexibility index (Phi) is 9.25. The third kappa shape index (κ3) is 5.41. The van der Waals surface area contributed by atoms with Crippen molar-refractivity contribution in [2.75, 3.05) is 0 Å². The zero-order valence-electron chi connectivity index (χ0n) is 14.6. The third-order valence-corrected chi connectivity index (χ3v) is 5.32. The quantitative estimate of drug-likeness (QED) is 0.430.